The third-order valence-corrected chi connectivity index (χ3v) is 4.51. The summed E-state index contributed by atoms with van der Waals surface area (Å²) < 4.78 is 30.9. The van der Waals surface area contributed by atoms with Crippen LogP contribution in [0, 0.1) is 0 Å². The first kappa shape index (κ1) is 21.3. The summed E-state index contributed by atoms with van der Waals surface area (Å²) in [5.41, 5.74) is 3.31. The second-order valence-corrected chi connectivity index (χ2v) is 6.83. The second kappa shape index (κ2) is 10.4. The summed E-state index contributed by atoms with van der Waals surface area (Å²) in [5, 5.41) is 3.36. The fourth-order valence-electron chi connectivity index (χ4n) is 3.12. The van der Waals surface area contributed by atoms with E-state index in [1.807, 2.05) is 28.8 Å². The molecular weight excluding hydrogens is 388 g/mol. The molecule has 0 amide bonds. The lowest BCUT2D eigenvalue weighted by Crippen LogP contribution is -2.38. The normalized spacial score (nSPS) is 11.6. The molecule has 8 heteroatoms. The molecule has 0 bridgehead atoms. The van der Waals surface area contributed by atoms with Gasteiger partial charge in [0.05, 0.1) is 6.33 Å². The number of imidazole rings is 1. The van der Waals surface area contributed by atoms with Crippen LogP contribution < -0.4 is 10.1 Å². The van der Waals surface area contributed by atoms with E-state index < -0.39 is 6.61 Å². The van der Waals surface area contributed by atoms with Gasteiger partial charge in [-0.15, -0.1) is 0 Å². The van der Waals surface area contributed by atoms with Crippen molar-refractivity contribution in [2.24, 2.45) is 4.99 Å². The summed E-state index contributed by atoms with van der Waals surface area (Å²) in [5.74, 6) is 0.886. The molecule has 0 saturated heterocycles. The molecule has 0 aliphatic heterocycles. The molecule has 2 aromatic carbocycles. The van der Waals surface area contributed by atoms with Crippen LogP contribution in [-0.2, 0) is 19.6 Å². The van der Waals surface area contributed by atoms with Crippen molar-refractivity contribution in [1.29, 1.82) is 0 Å². The van der Waals surface area contributed by atoms with Crippen LogP contribution in [0.1, 0.15) is 16.7 Å². The van der Waals surface area contributed by atoms with Gasteiger partial charge in [-0.3, -0.25) is 4.99 Å². The number of hydrogen-bond donors (Lipinski definition) is 1. The van der Waals surface area contributed by atoms with E-state index >= 15 is 0 Å². The number of rotatable bonds is 8. The minimum Gasteiger partial charge on any atom is -0.435 e. The van der Waals surface area contributed by atoms with Gasteiger partial charge in [0.25, 0.3) is 0 Å². The van der Waals surface area contributed by atoms with Gasteiger partial charge in [0, 0.05) is 46.1 Å². The monoisotopic (exact) mass is 413 g/mol. The summed E-state index contributed by atoms with van der Waals surface area (Å²) in [6.07, 6.45) is 5.51. The summed E-state index contributed by atoms with van der Waals surface area (Å²) in [7, 11) is 3.66. The third kappa shape index (κ3) is 6.30. The third-order valence-electron chi connectivity index (χ3n) is 4.51. The van der Waals surface area contributed by atoms with Gasteiger partial charge in [-0.1, -0.05) is 36.4 Å². The SMILES string of the molecule is CN=C(NCc1cccc(Cn2ccnc2)c1)N(C)Cc1ccc(OC(F)F)cc1. The van der Waals surface area contributed by atoms with Crippen molar-refractivity contribution < 1.29 is 13.5 Å². The molecule has 0 unspecified atom stereocenters. The number of aliphatic imine (C=N–C) groups is 1. The van der Waals surface area contributed by atoms with Crippen molar-refractivity contribution >= 4 is 5.96 Å². The lowest BCUT2D eigenvalue weighted by molar-refractivity contribution is -0.0498. The largest absolute Gasteiger partial charge is 0.435 e. The minimum absolute atomic E-state index is 0.148. The number of alkyl halides is 2. The molecule has 158 valence electrons. The van der Waals surface area contributed by atoms with E-state index in [1.165, 1.54) is 17.7 Å². The highest BCUT2D eigenvalue weighted by Crippen LogP contribution is 2.16. The first-order valence-electron chi connectivity index (χ1n) is 9.52. The van der Waals surface area contributed by atoms with Crippen LogP contribution >= 0.6 is 0 Å². The van der Waals surface area contributed by atoms with Crippen LogP contribution in [0.5, 0.6) is 5.75 Å². The molecule has 0 saturated carbocycles. The van der Waals surface area contributed by atoms with E-state index in [-0.39, 0.29) is 5.75 Å². The van der Waals surface area contributed by atoms with Crippen LogP contribution in [0.3, 0.4) is 0 Å². The molecule has 3 rings (SSSR count). The maximum absolute atomic E-state index is 12.3. The average molecular weight is 413 g/mol. The van der Waals surface area contributed by atoms with Gasteiger partial charge in [-0.2, -0.15) is 8.78 Å². The van der Waals surface area contributed by atoms with Gasteiger partial charge in [-0.25, -0.2) is 4.98 Å². The Morgan fingerprint density at radius 2 is 1.93 bits per heavy atom. The molecular formula is C22H25F2N5O. The highest BCUT2D eigenvalue weighted by Gasteiger charge is 2.08. The minimum atomic E-state index is -2.82. The molecule has 6 nitrogen and oxygen atoms in total. The lowest BCUT2D eigenvalue weighted by Gasteiger charge is -2.22. The molecule has 0 fully saturated rings. The second-order valence-electron chi connectivity index (χ2n) is 6.83. The fourth-order valence-corrected chi connectivity index (χ4v) is 3.12. The number of halogens is 2. The Balaban J connectivity index is 1.55. The molecule has 30 heavy (non-hydrogen) atoms. The Hall–Kier alpha value is -3.42. The number of aromatic nitrogens is 2. The molecule has 3 aromatic rings. The number of benzene rings is 2. The Kier molecular flexibility index (Phi) is 7.37. The van der Waals surface area contributed by atoms with Crippen LogP contribution in [0.15, 0.2) is 72.2 Å². The maximum Gasteiger partial charge on any atom is 0.387 e. The summed E-state index contributed by atoms with van der Waals surface area (Å²) in [4.78, 5) is 10.4. The number of nitrogens with one attached hydrogen (secondary N) is 1. The van der Waals surface area contributed by atoms with Crippen molar-refractivity contribution in [2.75, 3.05) is 14.1 Å². The van der Waals surface area contributed by atoms with Crippen molar-refractivity contribution in [1.82, 2.24) is 19.8 Å². The molecule has 0 atom stereocenters. The van der Waals surface area contributed by atoms with E-state index in [0.29, 0.717) is 13.1 Å². The molecule has 0 aliphatic rings. The van der Waals surface area contributed by atoms with Crippen LogP contribution in [0.2, 0.25) is 0 Å². The van der Waals surface area contributed by atoms with Gasteiger partial charge < -0.3 is 19.5 Å². The topological polar surface area (TPSA) is 54.7 Å². The van der Waals surface area contributed by atoms with Gasteiger partial charge in [0.15, 0.2) is 5.96 Å². The summed E-state index contributed by atoms with van der Waals surface area (Å²) >= 11 is 0. The molecule has 1 aromatic heterocycles. The average Bonchev–Trinajstić information content (AvgIpc) is 3.23. The highest BCUT2D eigenvalue weighted by molar-refractivity contribution is 5.79. The van der Waals surface area contributed by atoms with Crippen molar-refractivity contribution in [3.05, 3.63) is 83.9 Å². The van der Waals surface area contributed by atoms with Crippen molar-refractivity contribution in [3.8, 4) is 5.75 Å². The van der Waals surface area contributed by atoms with Gasteiger partial charge in [0.2, 0.25) is 0 Å². The van der Waals surface area contributed by atoms with Gasteiger partial charge in [-0.05, 0) is 28.8 Å². The first-order valence-corrected chi connectivity index (χ1v) is 9.52. The zero-order chi connectivity index (χ0) is 21.3. The molecule has 1 heterocycles. The molecule has 0 radical (unpaired) electrons. The number of hydrogen-bond acceptors (Lipinski definition) is 3. The summed E-state index contributed by atoms with van der Waals surface area (Å²) in [6.45, 7) is -0.834. The maximum atomic E-state index is 12.3. The Bertz CT molecular complexity index is 942. The number of ether oxygens (including phenoxy) is 1. The number of guanidine groups is 1. The van der Waals surface area contributed by atoms with E-state index in [2.05, 4.69) is 38.2 Å². The predicted octanol–water partition coefficient (Wildman–Crippen LogP) is 3.74. The zero-order valence-electron chi connectivity index (χ0n) is 17.0. The van der Waals surface area contributed by atoms with Crippen LogP contribution in [-0.4, -0.2) is 41.1 Å². The fraction of sp³-hybridized carbons (Fsp3) is 0.273. The number of nitrogens with zero attached hydrogens (tertiary/aromatic N) is 4. The Morgan fingerprint density at radius 1 is 1.17 bits per heavy atom. The zero-order valence-corrected chi connectivity index (χ0v) is 17.0. The van der Waals surface area contributed by atoms with Crippen LogP contribution in [0.4, 0.5) is 8.78 Å². The van der Waals surface area contributed by atoms with Crippen LogP contribution in [0.25, 0.3) is 0 Å². The Morgan fingerprint density at radius 3 is 2.60 bits per heavy atom. The first-order chi connectivity index (χ1) is 14.5. The van der Waals surface area contributed by atoms with Crippen molar-refractivity contribution in [2.45, 2.75) is 26.2 Å². The van der Waals surface area contributed by atoms with Gasteiger partial charge >= 0.3 is 6.61 Å². The quantitative estimate of drug-likeness (QED) is 0.452. The van der Waals surface area contributed by atoms with E-state index in [1.54, 1.807) is 31.7 Å². The van der Waals surface area contributed by atoms with E-state index in [4.69, 9.17) is 0 Å². The smallest absolute Gasteiger partial charge is 0.387 e. The lowest BCUT2D eigenvalue weighted by atomic mass is 10.1. The molecule has 1 N–H and O–H groups in total. The standard InChI is InChI=1S/C22H25F2N5O/c1-25-22(28(2)14-17-6-8-20(9-7-17)30-21(23)24)27-13-18-4-3-5-19(12-18)15-29-11-10-26-16-29/h3-12,16,21H,13-15H2,1-2H3,(H,25,27). The highest BCUT2D eigenvalue weighted by atomic mass is 19.3. The summed E-state index contributed by atoms with van der Waals surface area (Å²) in [6, 6.07) is 15.0. The van der Waals surface area contributed by atoms with Gasteiger partial charge in [0.1, 0.15) is 5.75 Å². The Labute approximate surface area is 174 Å². The molecule has 0 aliphatic carbocycles. The predicted molar refractivity (Wildman–Crippen MR) is 113 cm³/mol. The van der Waals surface area contributed by atoms with Crippen molar-refractivity contribution in [3.63, 3.8) is 0 Å². The molecule has 0 spiro atoms. The van der Waals surface area contributed by atoms with E-state index in [0.717, 1.165) is 23.6 Å². The van der Waals surface area contributed by atoms with E-state index in [9.17, 15) is 8.78 Å².